The maximum absolute atomic E-state index is 12.2. The van der Waals surface area contributed by atoms with Gasteiger partial charge in [0.1, 0.15) is 5.76 Å². The predicted octanol–water partition coefficient (Wildman–Crippen LogP) is 4.15. The lowest BCUT2D eigenvalue weighted by Gasteiger charge is -2.20. The highest BCUT2D eigenvalue weighted by Gasteiger charge is 2.21. The first-order chi connectivity index (χ1) is 12.7. The van der Waals surface area contributed by atoms with Crippen molar-refractivity contribution in [2.45, 2.75) is 45.3 Å². The summed E-state index contributed by atoms with van der Waals surface area (Å²) in [5.74, 6) is 1.71. The van der Waals surface area contributed by atoms with Crippen LogP contribution >= 0.6 is 11.8 Å². The molecule has 0 radical (unpaired) electrons. The largest absolute Gasteiger partial charge is 0.469 e. The lowest BCUT2D eigenvalue weighted by molar-refractivity contribution is -0.119. The molecule has 1 amide bonds. The molecular weight excluding hydrogens is 360 g/mol. The van der Waals surface area contributed by atoms with E-state index < -0.39 is 0 Å². The number of aryl methyl sites for hydroxylation is 2. The van der Waals surface area contributed by atoms with E-state index >= 15 is 0 Å². The molecule has 0 saturated heterocycles. The van der Waals surface area contributed by atoms with Crippen molar-refractivity contribution in [3.8, 4) is 17.1 Å². The van der Waals surface area contributed by atoms with Gasteiger partial charge in [-0.2, -0.15) is 0 Å². The fourth-order valence-electron chi connectivity index (χ4n) is 2.74. The molecule has 0 bridgehead atoms. The van der Waals surface area contributed by atoms with Crippen LogP contribution in [0.1, 0.15) is 32.1 Å². The Hall–Kier alpha value is -2.54. The van der Waals surface area contributed by atoms with Crippen molar-refractivity contribution in [2.24, 2.45) is 0 Å². The lowest BCUT2D eigenvalue weighted by Crippen LogP contribution is -2.41. The van der Waals surface area contributed by atoms with Gasteiger partial charge in [-0.15, -0.1) is 10.2 Å². The van der Waals surface area contributed by atoms with Gasteiger partial charge in [0.2, 0.25) is 5.91 Å². The van der Waals surface area contributed by atoms with Crippen LogP contribution in [0.3, 0.4) is 0 Å². The van der Waals surface area contributed by atoms with E-state index in [1.54, 1.807) is 6.26 Å². The number of carbonyl (C=O) groups is 1. The van der Waals surface area contributed by atoms with Gasteiger partial charge in [0.25, 0.3) is 0 Å². The minimum Gasteiger partial charge on any atom is -0.469 e. The Morgan fingerprint density at radius 1 is 1.22 bits per heavy atom. The smallest absolute Gasteiger partial charge is 0.230 e. The minimum absolute atomic E-state index is 0.0349. The minimum atomic E-state index is -0.263. The van der Waals surface area contributed by atoms with Crippen molar-refractivity contribution in [3.63, 3.8) is 0 Å². The number of furan rings is 1. The number of hydrogen-bond acceptors (Lipinski definition) is 5. The molecule has 1 aromatic carbocycles. The first kappa shape index (κ1) is 19.2. The number of benzene rings is 1. The molecule has 6 nitrogen and oxygen atoms in total. The first-order valence-corrected chi connectivity index (χ1v) is 9.74. The van der Waals surface area contributed by atoms with E-state index in [9.17, 15) is 4.79 Å². The maximum atomic E-state index is 12.2. The van der Waals surface area contributed by atoms with Crippen LogP contribution < -0.4 is 5.32 Å². The predicted molar refractivity (Wildman–Crippen MR) is 107 cm³/mol. The Bertz CT molecular complexity index is 953. The molecule has 0 aliphatic rings. The number of nitrogens with one attached hydrogen (secondary N) is 1. The topological polar surface area (TPSA) is 73.0 Å². The molecule has 142 valence electrons. The number of amides is 1. The fourth-order valence-corrected chi connectivity index (χ4v) is 3.49. The second-order valence-corrected chi connectivity index (χ2v) is 8.40. The SMILES string of the molecule is Cc1cccc(-n2c(SCC(=O)NC(C)(C)C)nnc2-c2ccoc2C)c1. The van der Waals surface area contributed by atoms with E-state index in [-0.39, 0.29) is 17.2 Å². The zero-order chi connectivity index (χ0) is 19.6. The standard InChI is InChI=1S/C20H24N4O2S/c1-13-7-6-8-15(11-13)24-18(16-9-10-26-14(16)2)22-23-19(24)27-12-17(25)21-20(3,4)5/h6-11H,12H2,1-5H3,(H,21,25). The molecular formula is C20H24N4O2S. The number of hydrogen-bond donors (Lipinski definition) is 1. The Morgan fingerprint density at radius 3 is 2.63 bits per heavy atom. The second-order valence-electron chi connectivity index (χ2n) is 7.46. The van der Waals surface area contributed by atoms with Crippen LogP contribution in [0.15, 0.2) is 46.2 Å². The van der Waals surface area contributed by atoms with Gasteiger partial charge in [-0.25, -0.2) is 0 Å². The average molecular weight is 385 g/mol. The zero-order valence-corrected chi connectivity index (χ0v) is 17.1. The van der Waals surface area contributed by atoms with Crippen LogP contribution in [0.4, 0.5) is 0 Å². The Morgan fingerprint density at radius 2 is 2.00 bits per heavy atom. The summed E-state index contributed by atoms with van der Waals surface area (Å²) in [5.41, 5.74) is 2.71. The van der Waals surface area contributed by atoms with Crippen LogP contribution in [0.5, 0.6) is 0 Å². The molecule has 0 unspecified atom stereocenters. The van der Waals surface area contributed by atoms with Crippen LogP contribution in [0, 0.1) is 13.8 Å². The van der Waals surface area contributed by atoms with Crippen LogP contribution in [0.25, 0.3) is 17.1 Å². The van der Waals surface area contributed by atoms with Crippen molar-refractivity contribution in [3.05, 3.63) is 47.9 Å². The highest BCUT2D eigenvalue weighted by molar-refractivity contribution is 7.99. The van der Waals surface area contributed by atoms with E-state index in [1.165, 1.54) is 11.8 Å². The van der Waals surface area contributed by atoms with Gasteiger partial charge in [-0.1, -0.05) is 23.9 Å². The number of nitrogens with zero attached hydrogens (tertiary/aromatic N) is 3. The Kier molecular flexibility index (Phi) is 5.41. The molecule has 0 spiro atoms. The van der Waals surface area contributed by atoms with Crippen molar-refractivity contribution in [1.82, 2.24) is 20.1 Å². The van der Waals surface area contributed by atoms with Crippen LogP contribution in [-0.2, 0) is 4.79 Å². The molecule has 3 aromatic rings. The molecule has 7 heteroatoms. The fraction of sp³-hybridized carbons (Fsp3) is 0.350. The van der Waals surface area contributed by atoms with E-state index in [1.807, 2.05) is 63.5 Å². The third-order valence-corrected chi connectivity index (χ3v) is 4.77. The number of rotatable bonds is 5. The molecule has 0 saturated carbocycles. The summed E-state index contributed by atoms with van der Waals surface area (Å²) >= 11 is 1.37. The second kappa shape index (κ2) is 7.60. The summed E-state index contributed by atoms with van der Waals surface area (Å²) in [4.78, 5) is 12.2. The van der Waals surface area contributed by atoms with Gasteiger partial charge in [0.05, 0.1) is 17.6 Å². The van der Waals surface area contributed by atoms with Crippen LogP contribution in [0.2, 0.25) is 0 Å². The zero-order valence-electron chi connectivity index (χ0n) is 16.2. The Balaban J connectivity index is 1.96. The first-order valence-electron chi connectivity index (χ1n) is 8.75. The summed E-state index contributed by atoms with van der Waals surface area (Å²) in [7, 11) is 0. The molecule has 0 atom stereocenters. The Labute approximate surface area is 163 Å². The molecule has 27 heavy (non-hydrogen) atoms. The van der Waals surface area contributed by atoms with Gasteiger partial charge >= 0.3 is 0 Å². The van der Waals surface area contributed by atoms with Gasteiger partial charge < -0.3 is 9.73 Å². The average Bonchev–Trinajstić information content (AvgIpc) is 3.17. The molecule has 0 fully saturated rings. The lowest BCUT2D eigenvalue weighted by atomic mass is 10.1. The van der Waals surface area contributed by atoms with Gasteiger partial charge in [-0.05, 0) is 58.4 Å². The van der Waals surface area contributed by atoms with E-state index in [2.05, 4.69) is 21.6 Å². The summed E-state index contributed by atoms with van der Waals surface area (Å²) < 4.78 is 7.42. The van der Waals surface area contributed by atoms with Crippen molar-refractivity contribution in [1.29, 1.82) is 0 Å². The van der Waals surface area contributed by atoms with E-state index in [0.717, 1.165) is 22.6 Å². The highest BCUT2D eigenvalue weighted by Crippen LogP contribution is 2.30. The third-order valence-electron chi connectivity index (χ3n) is 3.84. The van der Waals surface area contributed by atoms with E-state index in [4.69, 9.17) is 4.42 Å². The molecule has 2 heterocycles. The highest BCUT2D eigenvalue weighted by atomic mass is 32.2. The quantitative estimate of drug-likeness (QED) is 0.669. The number of aromatic nitrogens is 3. The van der Waals surface area contributed by atoms with Crippen molar-refractivity contribution >= 4 is 17.7 Å². The summed E-state index contributed by atoms with van der Waals surface area (Å²) in [6, 6.07) is 10.0. The van der Waals surface area contributed by atoms with Gasteiger partial charge in [-0.3, -0.25) is 9.36 Å². The maximum Gasteiger partial charge on any atom is 0.230 e. The third kappa shape index (κ3) is 4.60. The summed E-state index contributed by atoms with van der Waals surface area (Å²) in [6.07, 6.45) is 1.64. The molecule has 0 aliphatic carbocycles. The molecule has 3 rings (SSSR count). The number of thioether (sulfide) groups is 1. The molecule has 0 aliphatic heterocycles. The summed E-state index contributed by atoms with van der Waals surface area (Å²) in [5, 5.41) is 12.4. The molecule has 1 N–H and O–H groups in total. The van der Waals surface area contributed by atoms with Crippen molar-refractivity contribution in [2.75, 3.05) is 5.75 Å². The molecule has 2 aromatic heterocycles. The normalized spacial score (nSPS) is 11.6. The monoisotopic (exact) mass is 384 g/mol. The van der Waals surface area contributed by atoms with Crippen molar-refractivity contribution < 1.29 is 9.21 Å². The van der Waals surface area contributed by atoms with E-state index in [0.29, 0.717) is 11.0 Å². The number of carbonyl (C=O) groups excluding carboxylic acids is 1. The van der Waals surface area contributed by atoms with Crippen LogP contribution in [-0.4, -0.2) is 32.0 Å². The van der Waals surface area contributed by atoms with Gasteiger partial charge in [0, 0.05) is 11.2 Å². The van der Waals surface area contributed by atoms with Gasteiger partial charge in [0.15, 0.2) is 11.0 Å². The summed E-state index contributed by atoms with van der Waals surface area (Å²) in [6.45, 7) is 9.83.